The third-order valence-electron chi connectivity index (χ3n) is 6.03. The Balaban J connectivity index is 1.51. The summed E-state index contributed by atoms with van der Waals surface area (Å²) >= 11 is 12.9. The molecule has 32 heavy (non-hydrogen) atoms. The average Bonchev–Trinajstić information content (AvgIpc) is 3.25. The molecule has 2 aromatic carbocycles. The van der Waals surface area contributed by atoms with Crippen LogP contribution in [0.2, 0.25) is 10.0 Å². The van der Waals surface area contributed by atoms with Crippen LogP contribution in [-0.4, -0.2) is 30.9 Å². The number of ether oxygens (including phenoxy) is 1. The Morgan fingerprint density at radius 3 is 2.47 bits per heavy atom. The Morgan fingerprint density at radius 2 is 1.88 bits per heavy atom. The highest BCUT2D eigenvalue weighted by molar-refractivity contribution is 6.36. The van der Waals surface area contributed by atoms with Crippen molar-refractivity contribution in [3.63, 3.8) is 0 Å². The summed E-state index contributed by atoms with van der Waals surface area (Å²) < 4.78 is 18.9. The average molecular weight is 479 g/mol. The third-order valence-corrected chi connectivity index (χ3v) is 6.66. The molecule has 2 fully saturated rings. The van der Waals surface area contributed by atoms with Gasteiger partial charge in [-0.2, -0.15) is 0 Å². The van der Waals surface area contributed by atoms with E-state index in [1.807, 2.05) is 0 Å². The molecular formula is C23H21Cl2FN2O4. The molecule has 2 aliphatic rings. The van der Waals surface area contributed by atoms with Gasteiger partial charge in [-0.3, -0.25) is 19.7 Å². The molecule has 168 valence electrons. The molecular weight excluding hydrogens is 458 g/mol. The molecule has 2 aliphatic heterocycles. The second-order valence-corrected chi connectivity index (χ2v) is 8.87. The monoisotopic (exact) mass is 478 g/mol. The van der Waals surface area contributed by atoms with Gasteiger partial charge in [0, 0.05) is 35.2 Å². The third kappa shape index (κ3) is 4.37. The van der Waals surface area contributed by atoms with Crippen molar-refractivity contribution in [2.24, 2.45) is 0 Å². The molecule has 2 heterocycles. The van der Waals surface area contributed by atoms with Crippen LogP contribution in [0.25, 0.3) is 0 Å². The van der Waals surface area contributed by atoms with E-state index in [9.17, 15) is 18.8 Å². The molecule has 0 aromatic heterocycles. The minimum Gasteiger partial charge on any atom is -0.380 e. The van der Waals surface area contributed by atoms with Gasteiger partial charge in [-0.05, 0) is 48.2 Å². The van der Waals surface area contributed by atoms with E-state index in [4.69, 9.17) is 27.9 Å². The van der Waals surface area contributed by atoms with Crippen molar-refractivity contribution in [1.82, 2.24) is 10.6 Å². The molecule has 0 radical (unpaired) electrons. The maximum atomic E-state index is 13.4. The van der Waals surface area contributed by atoms with E-state index in [1.54, 1.807) is 24.3 Å². The first-order valence-corrected chi connectivity index (χ1v) is 11.0. The van der Waals surface area contributed by atoms with Crippen LogP contribution in [-0.2, 0) is 31.1 Å². The van der Waals surface area contributed by atoms with Crippen LogP contribution in [0.3, 0.4) is 0 Å². The Kier molecular flexibility index (Phi) is 6.51. The van der Waals surface area contributed by atoms with Gasteiger partial charge in [0.25, 0.3) is 0 Å². The summed E-state index contributed by atoms with van der Waals surface area (Å²) in [5.41, 5.74) is 0.935. The maximum absolute atomic E-state index is 13.4. The number of halogens is 3. The summed E-state index contributed by atoms with van der Waals surface area (Å²) in [6, 6.07) is 9.18. The SMILES string of the molecule is O=C1CCC(c2c(Cl)cc(CNC(=O)C3(c4ccc(F)cc4)CCOC3)cc2Cl)C(=O)N1. The standard InChI is InChI=1S/C23H21Cl2FN2O4/c24-17-9-13(10-18(25)20(17)16-5-6-19(29)28-21(16)30)11-27-22(31)23(7-8-32-12-23)14-1-3-15(26)4-2-14/h1-4,9-10,16H,5-8,11-12H2,(H,27,31)(H,28,29,30). The molecule has 2 aromatic rings. The summed E-state index contributed by atoms with van der Waals surface area (Å²) in [6.45, 7) is 0.806. The zero-order chi connectivity index (χ0) is 22.9. The van der Waals surface area contributed by atoms with E-state index < -0.39 is 17.2 Å². The number of hydrogen-bond donors (Lipinski definition) is 2. The summed E-state index contributed by atoms with van der Waals surface area (Å²) in [5, 5.41) is 5.81. The summed E-state index contributed by atoms with van der Waals surface area (Å²) in [6.07, 6.45) is 1.04. The molecule has 0 spiro atoms. The predicted molar refractivity (Wildman–Crippen MR) is 117 cm³/mol. The number of piperidine rings is 1. The smallest absolute Gasteiger partial charge is 0.234 e. The van der Waals surface area contributed by atoms with E-state index in [0.717, 1.165) is 0 Å². The minimum atomic E-state index is -0.895. The first-order valence-electron chi connectivity index (χ1n) is 10.2. The highest BCUT2D eigenvalue weighted by Gasteiger charge is 2.43. The Morgan fingerprint density at radius 1 is 1.19 bits per heavy atom. The van der Waals surface area contributed by atoms with Crippen LogP contribution < -0.4 is 10.6 Å². The number of carbonyl (C=O) groups excluding carboxylic acids is 3. The fraction of sp³-hybridized carbons (Fsp3) is 0.348. The topological polar surface area (TPSA) is 84.5 Å². The number of hydrogen-bond acceptors (Lipinski definition) is 4. The summed E-state index contributed by atoms with van der Waals surface area (Å²) in [7, 11) is 0. The van der Waals surface area contributed by atoms with Crippen LogP contribution in [0.1, 0.15) is 41.9 Å². The second-order valence-electron chi connectivity index (χ2n) is 8.05. The Labute approximate surface area is 194 Å². The van der Waals surface area contributed by atoms with Crippen molar-refractivity contribution in [2.45, 2.75) is 37.1 Å². The van der Waals surface area contributed by atoms with Crippen LogP contribution in [0.15, 0.2) is 36.4 Å². The molecule has 0 saturated carbocycles. The van der Waals surface area contributed by atoms with Gasteiger partial charge in [0.2, 0.25) is 17.7 Å². The predicted octanol–water partition coefficient (Wildman–Crippen LogP) is 3.63. The van der Waals surface area contributed by atoms with Crippen LogP contribution in [0.4, 0.5) is 4.39 Å². The molecule has 2 atom stereocenters. The van der Waals surface area contributed by atoms with E-state index in [2.05, 4.69) is 10.6 Å². The number of amides is 3. The highest BCUT2D eigenvalue weighted by atomic mass is 35.5. The normalized spacial score (nSPS) is 23.2. The molecule has 0 bridgehead atoms. The number of rotatable bonds is 5. The number of benzene rings is 2. The van der Waals surface area contributed by atoms with Crippen LogP contribution >= 0.6 is 23.2 Å². The zero-order valence-corrected chi connectivity index (χ0v) is 18.6. The second kappa shape index (κ2) is 9.17. The molecule has 3 amide bonds. The fourth-order valence-electron chi connectivity index (χ4n) is 4.26. The lowest BCUT2D eigenvalue weighted by molar-refractivity contribution is -0.134. The largest absolute Gasteiger partial charge is 0.380 e. The maximum Gasteiger partial charge on any atom is 0.234 e. The fourth-order valence-corrected chi connectivity index (χ4v) is 5.06. The number of imide groups is 1. The Hall–Kier alpha value is -2.48. The van der Waals surface area contributed by atoms with Gasteiger partial charge in [-0.25, -0.2) is 4.39 Å². The van der Waals surface area contributed by atoms with E-state index in [-0.39, 0.29) is 37.2 Å². The molecule has 6 nitrogen and oxygen atoms in total. The molecule has 4 rings (SSSR count). The zero-order valence-electron chi connectivity index (χ0n) is 17.1. The molecule has 2 N–H and O–H groups in total. The molecule has 0 aliphatic carbocycles. The minimum absolute atomic E-state index is 0.164. The van der Waals surface area contributed by atoms with Gasteiger partial charge in [0.1, 0.15) is 5.82 Å². The lowest BCUT2D eigenvalue weighted by atomic mass is 9.79. The van der Waals surface area contributed by atoms with Crippen molar-refractivity contribution in [3.8, 4) is 0 Å². The lowest BCUT2D eigenvalue weighted by Crippen LogP contribution is -2.44. The van der Waals surface area contributed by atoms with Gasteiger partial charge >= 0.3 is 0 Å². The first kappa shape index (κ1) is 22.7. The van der Waals surface area contributed by atoms with Crippen LogP contribution in [0.5, 0.6) is 0 Å². The van der Waals surface area contributed by atoms with Gasteiger partial charge in [0.15, 0.2) is 0 Å². The van der Waals surface area contributed by atoms with Crippen molar-refractivity contribution in [1.29, 1.82) is 0 Å². The number of carbonyl (C=O) groups is 3. The summed E-state index contributed by atoms with van der Waals surface area (Å²) in [4.78, 5) is 36.8. The number of nitrogens with one attached hydrogen (secondary N) is 2. The molecule has 9 heteroatoms. The van der Waals surface area contributed by atoms with Crippen molar-refractivity contribution < 1.29 is 23.5 Å². The van der Waals surface area contributed by atoms with Gasteiger partial charge in [-0.1, -0.05) is 35.3 Å². The highest BCUT2D eigenvalue weighted by Crippen LogP contribution is 2.37. The molecule has 2 unspecified atom stereocenters. The van der Waals surface area contributed by atoms with E-state index in [1.165, 1.54) is 12.1 Å². The van der Waals surface area contributed by atoms with E-state index >= 15 is 0 Å². The summed E-state index contributed by atoms with van der Waals surface area (Å²) in [5.74, 6) is -1.95. The first-order chi connectivity index (χ1) is 15.3. The van der Waals surface area contributed by atoms with Crippen molar-refractivity contribution >= 4 is 40.9 Å². The van der Waals surface area contributed by atoms with Gasteiger partial charge < -0.3 is 10.1 Å². The van der Waals surface area contributed by atoms with Crippen LogP contribution in [0, 0.1) is 5.82 Å². The Bertz CT molecular complexity index is 1050. The van der Waals surface area contributed by atoms with E-state index in [0.29, 0.717) is 46.2 Å². The van der Waals surface area contributed by atoms with Gasteiger partial charge in [-0.15, -0.1) is 0 Å². The molecule has 2 saturated heterocycles. The van der Waals surface area contributed by atoms with Gasteiger partial charge in [0.05, 0.1) is 17.9 Å². The lowest BCUT2D eigenvalue weighted by Gasteiger charge is -2.27. The van der Waals surface area contributed by atoms with Crippen molar-refractivity contribution in [2.75, 3.05) is 13.2 Å². The quantitative estimate of drug-likeness (QED) is 0.642. The van der Waals surface area contributed by atoms with Crippen molar-refractivity contribution in [3.05, 3.63) is 69.0 Å².